The predicted octanol–water partition coefficient (Wildman–Crippen LogP) is 2.78. The highest BCUT2D eigenvalue weighted by Gasteiger charge is 2.28. The van der Waals surface area contributed by atoms with Crippen LogP contribution < -0.4 is 5.73 Å². The largest absolute Gasteiger partial charge is 0.339 e. The van der Waals surface area contributed by atoms with Crippen molar-refractivity contribution in [2.24, 2.45) is 5.73 Å². The van der Waals surface area contributed by atoms with Crippen molar-refractivity contribution in [2.75, 3.05) is 0 Å². The van der Waals surface area contributed by atoms with Gasteiger partial charge in [-0.25, -0.2) is 4.39 Å². The van der Waals surface area contributed by atoms with Gasteiger partial charge in [-0.1, -0.05) is 17.3 Å². The zero-order valence-electron chi connectivity index (χ0n) is 10.8. The fourth-order valence-electron chi connectivity index (χ4n) is 2.49. The van der Waals surface area contributed by atoms with E-state index in [4.69, 9.17) is 10.3 Å². The molecule has 1 saturated carbocycles. The van der Waals surface area contributed by atoms with Gasteiger partial charge < -0.3 is 10.3 Å². The molecule has 0 aliphatic heterocycles. The van der Waals surface area contributed by atoms with Crippen molar-refractivity contribution in [3.8, 4) is 11.4 Å². The van der Waals surface area contributed by atoms with Crippen molar-refractivity contribution in [1.82, 2.24) is 10.1 Å². The molecule has 0 amide bonds. The van der Waals surface area contributed by atoms with E-state index in [0.29, 0.717) is 22.8 Å². The predicted molar refractivity (Wildman–Crippen MR) is 69.0 cm³/mol. The number of halogens is 1. The Kier molecular flexibility index (Phi) is 3.06. The third-order valence-electron chi connectivity index (χ3n) is 3.69. The Labute approximate surface area is 110 Å². The second-order valence-corrected chi connectivity index (χ2v) is 5.19. The average Bonchev–Trinajstić information content (AvgIpc) is 3.01. The first-order valence-corrected chi connectivity index (χ1v) is 6.49. The van der Waals surface area contributed by atoms with Crippen molar-refractivity contribution >= 4 is 0 Å². The molecule has 0 radical (unpaired) electrons. The number of aryl methyl sites for hydroxylation is 1. The molecule has 1 fully saturated rings. The van der Waals surface area contributed by atoms with Gasteiger partial charge in [-0.05, 0) is 37.8 Å². The minimum Gasteiger partial charge on any atom is -0.339 e. The van der Waals surface area contributed by atoms with E-state index in [9.17, 15) is 4.39 Å². The van der Waals surface area contributed by atoms with Gasteiger partial charge in [0.15, 0.2) is 0 Å². The van der Waals surface area contributed by atoms with Crippen LogP contribution in [0.25, 0.3) is 11.4 Å². The van der Waals surface area contributed by atoms with Crippen LogP contribution in [0.5, 0.6) is 0 Å². The summed E-state index contributed by atoms with van der Waals surface area (Å²) in [5.74, 6) is 1.04. The fourth-order valence-corrected chi connectivity index (χ4v) is 2.49. The number of aromatic nitrogens is 2. The summed E-state index contributed by atoms with van der Waals surface area (Å²) >= 11 is 0. The van der Waals surface area contributed by atoms with Crippen molar-refractivity contribution in [1.29, 1.82) is 0 Å². The Morgan fingerprint density at radius 2 is 2.21 bits per heavy atom. The lowest BCUT2D eigenvalue weighted by Gasteiger charge is -2.01. The molecule has 1 aromatic carbocycles. The third-order valence-corrected chi connectivity index (χ3v) is 3.69. The lowest BCUT2D eigenvalue weighted by atomic mass is 10.1. The molecular formula is C14H16FN3O. The number of hydrogen-bond acceptors (Lipinski definition) is 4. The molecule has 1 heterocycles. The van der Waals surface area contributed by atoms with Crippen molar-refractivity contribution in [2.45, 2.75) is 38.1 Å². The lowest BCUT2D eigenvalue weighted by Crippen LogP contribution is -2.14. The van der Waals surface area contributed by atoms with Gasteiger partial charge >= 0.3 is 0 Å². The Hall–Kier alpha value is -1.75. The van der Waals surface area contributed by atoms with E-state index in [1.165, 1.54) is 6.07 Å². The maximum atomic E-state index is 13.5. The van der Waals surface area contributed by atoms with Crippen molar-refractivity contribution in [3.05, 3.63) is 35.5 Å². The van der Waals surface area contributed by atoms with Crippen molar-refractivity contribution < 1.29 is 8.91 Å². The van der Waals surface area contributed by atoms with Crippen LogP contribution in [0.3, 0.4) is 0 Å². The van der Waals surface area contributed by atoms with E-state index in [1.54, 1.807) is 19.1 Å². The molecule has 1 aliphatic carbocycles. The molecule has 4 nitrogen and oxygen atoms in total. The summed E-state index contributed by atoms with van der Waals surface area (Å²) in [6.45, 7) is 1.72. The Morgan fingerprint density at radius 1 is 1.37 bits per heavy atom. The summed E-state index contributed by atoms with van der Waals surface area (Å²) in [5, 5.41) is 3.93. The minimum absolute atomic E-state index is 0.220. The van der Waals surface area contributed by atoms with Gasteiger partial charge in [0.1, 0.15) is 5.82 Å². The molecule has 5 heteroatoms. The van der Waals surface area contributed by atoms with Gasteiger partial charge in [0.05, 0.1) is 0 Å². The monoisotopic (exact) mass is 261 g/mol. The number of hydrogen-bond donors (Lipinski definition) is 1. The van der Waals surface area contributed by atoms with E-state index in [0.717, 1.165) is 19.3 Å². The van der Waals surface area contributed by atoms with E-state index < -0.39 is 0 Å². The molecule has 2 aromatic rings. The SMILES string of the molecule is Cc1ccc(-c2noc(C3CCC(N)C3)n2)cc1F. The topological polar surface area (TPSA) is 64.9 Å². The van der Waals surface area contributed by atoms with Crippen LogP contribution in [0.1, 0.15) is 36.6 Å². The van der Waals surface area contributed by atoms with Gasteiger partial charge in [-0.15, -0.1) is 0 Å². The Morgan fingerprint density at radius 3 is 2.89 bits per heavy atom. The van der Waals surface area contributed by atoms with Gasteiger partial charge in [-0.2, -0.15) is 4.98 Å². The van der Waals surface area contributed by atoms with Crippen LogP contribution in [0, 0.1) is 12.7 Å². The quantitative estimate of drug-likeness (QED) is 0.902. The third kappa shape index (κ3) is 2.38. The molecular weight excluding hydrogens is 245 g/mol. The van der Waals surface area contributed by atoms with E-state index in [1.807, 2.05) is 0 Å². The van der Waals surface area contributed by atoms with Gasteiger partial charge in [0.2, 0.25) is 11.7 Å². The normalized spacial score (nSPS) is 22.9. The summed E-state index contributed by atoms with van der Waals surface area (Å²) in [7, 11) is 0. The van der Waals surface area contributed by atoms with Crippen LogP contribution in [-0.4, -0.2) is 16.2 Å². The molecule has 2 atom stereocenters. The molecule has 0 spiro atoms. The highest BCUT2D eigenvalue weighted by Crippen LogP contribution is 2.33. The van der Waals surface area contributed by atoms with Crippen molar-refractivity contribution in [3.63, 3.8) is 0 Å². The highest BCUT2D eigenvalue weighted by atomic mass is 19.1. The molecule has 2 unspecified atom stereocenters. The number of rotatable bonds is 2. The molecule has 1 aliphatic rings. The Balaban J connectivity index is 1.86. The summed E-state index contributed by atoms with van der Waals surface area (Å²) in [6.07, 6.45) is 2.84. The minimum atomic E-state index is -0.258. The molecule has 0 bridgehead atoms. The smallest absolute Gasteiger partial charge is 0.230 e. The van der Waals surface area contributed by atoms with Crippen LogP contribution in [0.2, 0.25) is 0 Å². The maximum absolute atomic E-state index is 13.5. The summed E-state index contributed by atoms with van der Waals surface area (Å²) in [6, 6.07) is 5.17. The second kappa shape index (κ2) is 4.74. The van der Waals surface area contributed by atoms with Crippen LogP contribution in [0.15, 0.2) is 22.7 Å². The maximum Gasteiger partial charge on any atom is 0.230 e. The fraction of sp³-hybridized carbons (Fsp3) is 0.429. The zero-order valence-corrected chi connectivity index (χ0v) is 10.8. The molecule has 19 heavy (non-hydrogen) atoms. The van der Waals surface area contributed by atoms with Crippen LogP contribution in [0.4, 0.5) is 4.39 Å². The zero-order chi connectivity index (χ0) is 13.4. The van der Waals surface area contributed by atoms with E-state index in [2.05, 4.69) is 10.1 Å². The van der Waals surface area contributed by atoms with Crippen LogP contribution in [-0.2, 0) is 0 Å². The molecule has 100 valence electrons. The summed E-state index contributed by atoms with van der Waals surface area (Å²) in [4.78, 5) is 4.37. The van der Waals surface area contributed by atoms with E-state index in [-0.39, 0.29) is 17.8 Å². The number of nitrogens with zero attached hydrogens (tertiary/aromatic N) is 2. The summed E-state index contributed by atoms with van der Waals surface area (Å²) in [5.41, 5.74) is 7.12. The van der Waals surface area contributed by atoms with Gasteiger partial charge in [0, 0.05) is 17.5 Å². The molecule has 1 aromatic heterocycles. The number of nitrogens with two attached hydrogens (primary N) is 1. The molecule has 0 saturated heterocycles. The molecule has 3 rings (SSSR count). The second-order valence-electron chi connectivity index (χ2n) is 5.19. The van der Waals surface area contributed by atoms with Crippen LogP contribution >= 0.6 is 0 Å². The standard InChI is InChI=1S/C14H16FN3O/c1-8-2-3-9(7-12(8)15)13-17-14(19-18-13)10-4-5-11(16)6-10/h2-3,7,10-11H,4-6,16H2,1H3. The average molecular weight is 261 g/mol. The van der Waals surface area contributed by atoms with Gasteiger partial charge in [-0.3, -0.25) is 0 Å². The first kappa shape index (κ1) is 12.3. The summed E-state index contributed by atoms with van der Waals surface area (Å²) < 4.78 is 18.8. The van der Waals surface area contributed by atoms with E-state index >= 15 is 0 Å². The lowest BCUT2D eigenvalue weighted by molar-refractivity contribution is 0.353. The highest BCUT2D eigenvalue weighted by molar-refractivity contribution is 5.55. The first-order valence-electron chi connectivity index (χ1n) is 6.49. The first-order chi connectivity index (χ1) is 9.13. The van der Waals surface area contributed by atoms with Gasteiger partial charge in [0.25, 0.3) is 0 Å². The Bertz CT molecular complexity index is 596. The molecule has 2 N–H and O–H groups in total. The number of benzene rings is 1.